The Kier molecular flexibility index (Phi) is 10.2. The molecule has 2 aromatic carbocycles. The third kappa shape index (κ3) is 6.19. The molecular formula is C47H63FN2O5. The zero-order chi connectivity index (χ0) is 39.7. The van der Waals surface area contributed by atoms with Crippen molar-refractivity contribution in [1.82, 2.24) is 10.6 Å². The van der Waals surface area contributed by atoms with Gasteiger partial charge in [0.2, 0.25) is 5.91 Å². The molecule has 5 saturated carbocycles. The molecule has 0 aromatic heterocycles. The first kappa shape index (κ1) is 39.7. The zero-order valence-corrected chi connectivity index (χ0v) is 34.2. The van der Waals surface area contributed by atoms with Crippen molar-refractivity contribution in [1.29, 1.82) is 0 Å². The smallest absolute Gasteiger partial charge is 0.337 e. The summed E-state index contributed by atoms with van der Waals surface area (Å²) >= 11 is 0. The van der Waals surface area contributed by atoms with Crippen molar-refractivity contribution < 1.29 is 28.6 Å². The van der Waals surface area contributed by atoms with Gasteiger partial charge in [-0.3, -0.25) is 9.59 Å². The molecule has 3 N–H and O–H groups in total. The van der Waals surface area contributed by atoms with Gasteiger partial charge < -0.3 is 20.5 Å². The summed E-state index contributed by atoms with van der Waals surface area (Å²) in [7, 11) is 1.26. The molecule has 5 aliphatic carbocycles. The highest BCUT2D eigenvalue weighted by Crippen LogP contribution is 2.77. The maximum atomic E-state index is 14.7. The van der Waals surface area contributed by atoms with E-state index in [2.05, 4.69) is 58.8 Å². The highest BCUT2D eigenvalue weighted by atomic mass is 19.1. The number of halogens is 1. The fourth-order valence-corrected chi connectivity index (χ4v) is 13.9. The van der Waals surface area contributed by atoms with Gasteiger partial charge in [0.25, 0.3) is 5.91 Å². The SMILES string of the molecule is C=C(C)[C@@H]1CC[C@]2(C(=O)NCc3cccc(C(=O)NCc4cc(C(=O)OC)ccc4F)c3)CC[C@]3(C)C(CC[C@@H]4[C@@]5(C)CC[C@H](O)C(C)(C)C5CC[C@]43C)[C@@H]12. The second kappa shape index (κ2) is 14.1. The number of amides is 2. The van der Waals surface area contributed by atoms with Gasteiger partial charge in [-0.25, -0.2) is 9.18 Å². The maximum Gasteiger partial charge on any atom is 0.337 e. The summed E-state index contributed by atoms with van der Waals surface area (Å²) in [5.74, 6) is 0.768. The van der Waals surface area contributed by atoms with Crippen molar-refractivity contribution in [3.8, 4) is 0 Å². The van der Waals surface area contributed by atoms with Gasteiger partial charge in [-0.15, -0.1) is 0 Å². The summed E-state index contributed by atoms with van der Waals surface area (Å²) < 4.78 is 19.3. The average Bonchev–Trinajstić information content (AvgIpc) is 3.56. The van der Waals surface area contributed by atoms with E-state index in [0.717, 1.165) is 56.9 Å². The van der Waals surface area contributed by atoms with E-state index in [4.69, 9.17) is 4.74 Å². The average molecular weight is 755 g/mol. The molecule has 5 fully saturated rings. The van der Waals surface area contributed by atoms with Gasteiger partial charge >= 0.3 is 5.97 Å². The third-order valence-electron chi connectivity index (χ3n) is 17.0. The number of allylic oxidation sites excluding steroid dienone is 1. The van der Waals surface area contributed by atoms with Gasteiger partial charge in [-0.2, -0.15) is 0 Å². The topological polar surface area (TPSA) is 105 Å². The van der Waals surface area contributed by atoms with E-state index in [9.17, 15) is 23.9 Å². The van der Waals surface area contributed by atoms with Crippen LogP contribution in [0.15, 0.2) is 54.6 Å². The Morgan fingerprint density at radius 3 is 2.33 bits per heavy atom. The normalized spacial score (nSPS) is 37.3. The van der Waals surface area contributed by atoms with Gasteiger partial charge in [-0.1, -0.05) is 58.9 Å². The van der Waals surface area contributed by atoms with E-state index >= 15 is 0 Å². The largest absolute Gasteiger partial charge is 0.465 e. The number of benzene rings is 2. The van der Waals surface area contributed by atoms with E-state index in [0.29, 0.717) is 35.8 Å². The number of aliphatic hydroxyl groups excluding tert-OH is 1. The molecule has 5 aliphatic rings. The molecule has 2 unspecified atom stereocenters. The Hall–Kier alpha value is -3.52. The van der Waals surface area contributed by atoms with Crippen LogP contribution < -0.4 is 10.6 Å². The number of rotatable bonds is 8. The number of esters is 1. The van der Waals surface area contributed by atoms with Crippen molar-refractivity contribution in [3.63, 3.8) is 0 Å². The standard InChI is InChI=1S/C47H63FN2O5/c1-28(2)33-16-21-47(42(54)50-26-29-10-9-11-30(24-29)40(52)49-27-32-25-31(41(53)55-8)12-14-35(32)48)23-22-45(6)34(39(33)47)13-15-37-44(5)19-18-38(51)43(3,4)36(44)17-20-46(37,45)7/h9-12,14,24-25,33-34,36-39,51H,1,13,15-23,26-27H2,2-8H3,(H,49,52)(H,50,54)/t33-,34?,36?,37+,38-,39+,44-,45+,46+,47-/m0/s1. The minimum atomic E-state index is -0.577. The number of carbonyl (C=O) groups excluding carboxylic acids is 3. The monoisotopic (exact) mass is 754 g/mol. The number of hydrogen-bond donors (Lipinski definition) is 3. The maximum absolute atomic E-state index is 14.7. The molecule has 7 rings (SSSR count). The van der Waals surface area contributed by atoms with E-state index in [1.807, 2.05) is 6.07 Å². The summed E-state index contributed by atoms with van der Waals surface area (Å²) in [5.41, 5.74) is 2.78. The van der Waals surface area contributed by atoms with Gasteiger partial charge in [-0.05, 0) is 158 Å². The van der Waals surface area contributed by atoms with Gasteiger partial charge in [0.1, 0.15) is 5.82 Å². The van der Waals surface area contributed by atoms with Crippen LogP contribution in [0.2, 0.25) is 0 Å². The molecule has 298 valence electrons. The number of fused-ring (bicyclic) bond motifs is 7. The number of ether oxygens (including phenoxy) is 1. The molecule has 0 saturated heterocycles. The summed E-state index contributed by atoms with van der Waals surface area (Å²) in [5, 5.41) is 17.2. The minimum absolute atomic E-state index is 0.0788. The van der Waals surface area contributed by atoms with Crippen molar-refractivity contribution in [2.24, 2.45) is 56.7 Å². The van der Waals surface area contributed by atoms with Crippen LogP contribution in [0, 0.1) is 62.5 Å². The predicted octanol–water partition coefficient (Wildman–Crippen LogP) is 9.18. The first-order chi connectivity index (χ1) is 25.9. The second-order valence-electron chi connectivity index (χ2n) is 19.6. The number of aliphatic hydroxyl groups is 1. The van der Waals surface area contributed by atoms with Gasteiger partial charge in [0, 0.05) is 24.2 Å². The lowest BCUT2D eigenvalue weighted by molar-refractivity contribution is -0.246. The van der Waals surface area contributed by atoms with Crippen molar-refractivity contribution >= 4 is 17.8 Å². The Bertz CT molecular complexity index is 1870. The number of nitrogens with one attached hydrogen (secondary N) is 2. The van der Waals surface area contributed by atoms with Crippen LogP contribution in [0.3, 0.4) is 0 Å². The van der Waals surface area contributed by atoms with E-state index in [1.165, 1.54) is 43.7 Å². The first-order valence-electron chi connectivity index (χ1n) is 20.8. The first-order valence-corrected chi connectivity index (χ1v) is 20.8. The molecule has 2 aromatic rings. The quantitative estimate of drug-likeness (QED) is 0.184. The Morgan fingerprint density at radius 2 is 1.60 bits per heavy atom. The Balaban J connectivity index is 1.08. The van der Waals surface area contributed by atoms with Gasteiger partial charge in [0.05, 0.1) is 24.2 Å². The molecular weight excluding hydrogens is 692 g/mol. The zero-order valence-electron chi connectivity index (χ0n) is 34.2. The number of carbonyl (C=O) groups is 3. The van der Waals surface area contributed by atoms with E-state index in [-0.39, 0.29) is 63.2 Å². The van der Waals surface area contributed by atoms with Crippen molar-refractivity contribution in [2.75, 3.05) is 7.11 Å². The summed E-state index contributed by atoms with van der Waals surface area (Å²) in [6.07, 6.45) is 10.2. The fraction of sp³-hybridized carbons (Fsp3) is 0.638. The molecule has 8 heteroatoms. The summed E-state index contributed by atoms with van der Waals surface area (Å²) in [6, 6.07) is 11.1. The molecule has 0 spiro atoms. The van der Waals surface area contributed by atoms with Crippen LogP contribution in [0.5, 0.6) is 0 Å². The van der Waals surface area contributed by atoms with E-state index in [1.54, 1.807) is 18.2 Å². The van der Waals surface area contributed by atoms with Crippen LogP contribution in [0.25, 0.3) is 0 Å². The Morgan fingerprint density at radius 1 is 0.836 bits per heavy atom. The Labute approximate surface area is 327 Å². The van der Waals surface area contributed by atoms with Crippen LogP contribution in [0.1, 0.15) is 138 Å². The molecule has 0 aliphatic heterocycles. The number of hydrogen-bond acceptors (Lipinski definition) is 5. The minimum Gasteiger partial charge on any atom is -0.465 e. The number of methoxy groups -OCH3 is 1. The molecule has 0 bridgehead atoms. The lowest BCUT2D eigenvalue weighted by atomic mass is 9.32. The third-order valence-corrected chi connectivity index (χ3v) is 17.0. The summed E-state index contributed by atoms with van der Waals surface area (Å²) in [6.45, 7) is 19.3. The molecule has 0 radical (unpaired) electrons. The molecule has 10 atom stereocenters. The summed E-state index contributed by atoms with van der Waals surface area (Å²) in [4.78, 5) is 39.9. The molecule has 2 amide bonds. The van der Waals surface area contributed by atoms with Crippen LogP contribution >= 0.6 is 0 Å². The van der Waals surface area contributed by atoms with E-state index < -0.39 is 17.2 Å². The second-order valence-corrected chi connectivity index (χ2v) is 19.6. The van der Waals surface area contributed by atoms with Crippen molar-refractivity contribution in [2.45, 2.75) is 125 Å². The molecule has 7 nitrogen and oxygen atoms in total. The van der Waals surface area contributed by atoms with Crippen LogP contribution in [0.4, 0.5) is 4.39 Å². The van der Waals surface area contributed by atoms with Crippen molar-refractivity contribution in [3.05, 3.63) is 82.7 Å². The highest BCUT2D eigenvalue weighted by Gasteiger charge is 2.71. The molecule has 55 heavy (non-hydrogen) atoms. The van der Waals surface area contributed by atoms with Crippen LogP contribution in [-0.4, -0.2) is 36.1 Å². The lowest BCUT2D eigenvalue weighted by Crippen LogP contribution is -2.67. The molecule has 0 heterocycles. The highest BCUT2D eigenvalue weighted by molar-refractivity contribution is 5.94. The predicted molar refractivity (Wildman–Crippen MR) is 212 cm³/mol. The van der Waals surface area contributed by atoms with Gasteiger partial charge in [0.15, 0.2) is 0 Å². The lowest BCUT2D eigenvalue weighted by Gasteiger charge is -2.72. The van der Waals surface area contributed by atoms with Crippen LogP contribution in [-0.2, 0) is 22.6 Å². The fourth-order valence-electron chi connectivity index (χ4n) is 13.9.